The van der Waals surface area contributed by atoms with Crippen LogP contribution in [0.5, 0.6) is 5.75 Å². The number of aryl methyl sites for hydroxylation is 1. The lowest BCUT2D eigenvalue weighted by molar-refractivity contribution is 0.339. The predicted molar refractivity (Wildman–Crippen MR) is 88.4 cm³/mol. The highest BCUT2D eigenvalue weighted by molar-refractivity contribution is 7.89. The van der Waals surface area contributed by atoms with Crippen LogP contribution in [0.2, 0.25) is 0 Å². The van der Waals surface area contributed by atoms with Gasteiger partial charge in [-0.3, -0.25) is 0 Å². The molecule has 0 fully saturated rings. The lowest BCUT2D eigenvalue weighted by Crippen LogP contribution is -2.30. The molecule has 0 aliphatic rings. The molecule has 0 atom stereocenters. The van der Waals surface area contributed by atoms with Crippen molar-refractivity contribution in [3.63, 3.8) is 0 Å². The molecular weight excluding hydrogens is 317 g/mol. The minimum atomic E-state index is -3.36. The van der Waals surface area contributed by atoms with Gasteiger partial charge in [0, 0.05) is 6.54 Å². The van der Waals surface area contributed by atoms with Crippen LogP contribution in [-0.4, -0.2) is 27.3 Å². The van der Waals surface area contributed by atoms with Crippen LogP contribution in [0.4, 0.5) is 4.39 Å². The largest absolute Gasteiger partial charge is 0.492 e. The standard InChI is InChI=1S/C17H20FNO3S/c18-16-8-10-17(11-9-16)22-13-14-23(20,21)19-12-4-7-15-5-2-1-3-6-15/h1-3,5-6,8-11,19H,4,7,12-14H2. The Bertz CT molecular complexity index is 688. The molecule has 4 nitrogen and oxygen atoms in total. The van der Waals surface area contributed by atoms with Gasteiger partial charge in [-0.2, -0.15) is 0 Å². The molecule has 0 spiro atoms. The normalized spacial score (nSPS) is 11.3. The summed E-state index contributed by atoms with van der Waals surface area (Å²) in [5, 5.41) is 0. The summed E-state index contributed by atoms with van der Waals surface area (Å²) in [5.74, 6) is -0.0360. The molecule has 0 radical (unpaired) electrons. The Kier molecular flexibility index (Phi) is 6.55. The number of ether oxygens (including phenoxy) is 1. The van der Waals surface area contributed by atoms with E-state index in [1.54, 1.807) is 0 Å². The molecule has 2 rings (SSSR count). The Morgan fingerprint density at radius 3 is 2.39 bits per heavy atom. The highest BCUT2D eigenvalue weighted by Gasteiger charge is 2.09. The van der Waals surface area contributed by atoms with Crippen molar-refractivity contribution in [3.8, 4) is 5.75 Å². The van der Waals surface area contributed by atoms with Gasteiger partial charge >= 0.3 is 0 Å². The van der Waals surface area contributed by atoms with Gasteiger partial charge in [0.25, 0.3) is 0 Å². The molecule has 124 valence electrons. The molecule has 0 unspecified atom stereocenters. The Balaban J connectivity index is 1.65. The summed E-state index contributed by atoms with van der Waals surface area (Å²) in [6, 6.07) is 15.4. The highest BCUT2D eigenvalue weighted by atomic mass is 32.2. The Labute approximate surface area is 136 Å². The maximum atomic E-state index is 12.7. The molecule has 0 amide bonds. The first-order chi connectivity index (χ1) is 11.1. The SMILES string of the molecule is O=S(=O)(CCOc1ccc(F)cc1)NCCCc1ccccc1. The van der Waals surface area contributed by atoms with E-state index in [-0.39, 0.29) is 18.2 Å². The number of halogens is 1. The number of benzene rings is 2. The fraction of sp³-hybridized carbons (Fsp3) is 0.294. The minimum Gasteiger partial charge on any atom is -0.492 e. The average molecular weight is 337 g/mol. The Morgan fingerprint density at radius 2 is 1.70 bits per heavy atom. The van der Waals surface area contributed by atoms with E-state index in [9.17, 15) is 12.8 Å². The van der Waals surface area contributed by atoms with E-state index in [0.717, 1.165) is 12.8 Å². The molecule has 6 heteroatoms. The van der Waals surface area contributed by atoms with Crippen LogP contribution in [-0.2, 0) is 16.4 Å². The number of nitrogens with one attached hydrogen (secondary N) is 1. The van der Waals surface area contributed by atoms with Crippen LogP contribution < -0.4 is 9.46 Å². The van der Waals surface area contributed by atoms with E-state index >= 15 is 0 Å². The summed E-state index contributed by atoms with van der Waals surface area (Å²) in [6.45, 7) is 0.424. The summed E-state index contributed by atoms with van der Waals surface area (Å²) in [6.07, 6.45) is 1.57. The summed E-state index contributed by atoms with van der Waals surface area (Å²) < 4.78 is 44.2. The quantitative estimate of drug-likeness (QED) is 0.716. The van der Waals surface area contributed by atoms with Crippen molar-refractivity contribution in [1.82, 2.24) is 4.72 Å². The first-order valence-corrected chi connectivity index (χ1v) is 9.10. The van der Waals surface area contributed by atoms with Gasteiger partial charge in [0.2, 0.25) is 10.0 Å². The molecule has 23 heavy (non-hydrogen) atoms. The molecule has 2 aromatic rings. The average Bonchev–Trinajstić information content (AvgIpc) is 2.54. The lowest BCUT2D eigenvalue weighted by Gasteiger charge is -2.08. The zero-order valence-corrected chi connectivity index (χ0v) is 13.6. The Morgan fingerprint density at radius 1 is 1.00 bits per heavy atom. The smallest absolute Gasteiger partial charge is 0.214 e. The van der Waals surface area contributed by atoms with Crippen LogP contribution >= 0.6 is 0 Å². The second-order valence-electron chi connectivity index (χ2n) is 5.10. The van der Waals surface area contributed by atoms with E-state index in [2.05, 4.69) is 4.72 Å². The maximum absolute atomic E-state index is 12.7. The summed E-state index contributed by atoms with van der Waals surface area (Å²) in [7, 11) is -3.36. The van der Waals surface area contributed by atoms with Gasteiger partial charge in [-0.25, -0.2) is 17.5 Å². The van der Waals surface area contributed by atoms with Crippen LogP contribution in [0.1, 0.15) is 12.0 Å². The van der Waals surface area contributed by atoms with Crippen LogP contribution in [0.3, 0.4) is 0 Å². The third kappa shape index (κ3) is 6.80. The van der Waals surface area contributed by atoms with Crippen LogP contribution in [0, 0.1) is 5.82 Å². The molecule has 0 aliphatic carbocycles. The van der Waals surface area contributed by atoms with E-state index < -0.39 is 10.0 Å². The van der Waals surface area contributed by atoms with Gasteiger partial charge in [0.15, 0.2) is 0 Å². The van der Waals surface area contributed by atoms with Gasteiger partial charge in [0.05, 0.1) is 5.75 Å². The molecule has 0 saturated heterocycles. The van der Waals surface area contributed by atoms with E-state index in [0.29, 0.717) is 12.3 Å². The lowest BCUT2D eigenvalue weighted by atomic mass is 10.1. The monoisotopic (exact) mass is 337 g/mol. The molecule has 0 heterocycles. The van der Waals surface area contributed by atoms with Gasteiger partial charge in [0.1, 0.15) is 18.2 Å². The Hall–Kier alpha value is -1.92. The topological polar surface area (TPSA) is 55.4 Å². The predicted octanol–water partition coefficient (Wildman–Crippen LogP) is 2.76. The first-order valence-electron chi connectivity index (χ1n) is 7.45. The fourth-order valence-electron chi connectivity index (χ4n) is 2.04. The van der Waals surface area contributed by atoms with E-state index in [1.165, 1.54) is 29.8 Å². The zero-order chi connectivity index (χ0) is 16.5. The van der Waals surface area contributed by atoms with Crippen molar-refractivity contribution >= 4 is 10.0 Å². The number of hydrogen-bond donors (Lipinski definition) is 1. The van der Waals surface area contributed by atoms with Crippen molar-refractivity contribution < 1.29 is 17.5 Å². The molecule has 0 saturated carbocycles. The van der Waals surface area contributed by atoms with Gasteiger partial charge in [-0.1, -0.05) is 30.3 Å². The molecule has 2 aromatic carbocycles. The highest BCUT2D eigenvalue weighted by Crippen LogP contribution is 2.10. The van der Waals surface area contributed by atoms with E-state index in [1.807, 2.05) is 30.3 Å². The summed E-state index contributed by atoms with van der Waals surface area (Å²) in [4.78, 5) is 0. The number of sulfonamides is 1. The van der Waals surface area contributed by atoms with Gasteiger partial charge in [-0.05, 0) is 42.7 Å². The number of rotatable bonds is 9. The second-order valence-corrected chi connectivity index (χ2v) is 7.03. The van der Waals surface area contributed by atoms with Crippen molar-refractivity contribution in [2.45, 2.75) is 12.8 Å². The molecular formula is C17H20FNO3S. The maximum Gasteiger partial charge on any atom is 0.214 e. The molecule has 1 N–H and O–H groups in total. The van der Waals surface area contributed by atoms with Crippen molar-refractivity contribution in [1.29, 1.82) is 0 Å². The fourth-order valence-corrected chi connectivity index (χ4v) is 2.94. The van der Waals surface area contributed by atoms with Crippen molar-refractivity contribution in [2.75, 3.05) is 18.9 Å². The molecule has 0 bridgehead atoms. The minimum absolute atomic E-state index is 0.0274. The van der Waals surface area contributed by atoms with Crippen molar-refractivity contribution in [2.24, 2.45) is 0 Å². The van der Waals surface area contributed by atoms with Crippen molar-refractivity contribution in [3.05, 3.63) is 66.0 Å². The summed E-state index contributed by atoms with van der Waals surface area (Å²) >= 11 is 0. The van der Waals surface area contributed by atoms with Crippen LogP contribution in [0.25, 0.3) is 0 Å². The third-order valence-electron chi connectivity index (χ3n) is 3.24. The second kappa shape index (κ2) is 8.64. The van der Waals surface area contributed by atoms with Crippen LogP contribution in [0.15, 0.2) is 54.6 Å². The van der Waals surface area contributed by atoms with E-state index in [4.69, 9.17) is 4.74 Å². The molecule has 0 aromatic heterocycles. The molecule has 0 aliphatic heterocycles. The zero-order valence-electron chi connectivity index (χ0n) is 12.7. The summed E-state index contributed by atoms with van der Waals surface area (Å²) in [5.41, 5.74) is 1.19. The number of hydrogen-bond acceptors (Lipinski definition) is 3. The van der Waals surface area contributed by atoms with Gasteiger partial charge in [-0.15, -0.1) is 0 Å². The first kappa shape index (κ1) is 17.4. The van der Waals surface area contributed by atoms with Gasteiger partial charge < -0.3 is 4.74 Å². The third-order valence-corrected chi connectivity index (χ3v) is 4.59.